The molecule has 1 atom stereocenters. The monoisotopic (exact) mass is 382 g/mol. The van der Waals surface area contributed by atoms with Gasteiger partial charge in [0.2, 0.25) is 5.91 Å². The summed E-state index contributed by atoms with van der Waals surface area (Å²) < 4.78 is 0. The number of rotatable bonds is 3. The number of pyridine rings is 1. The molecule has 29 heavy (non-hydrogen) atoms. The average molecular weight is 382 g/mol. The molecular weight excluding hydrogens is 360 g/mol. The zero-order chi connectivity index (χ0) is 19.6. The number of fused-ring (bicyclic) bond motifs is 2. The van der Waals surface area contributed by atoms with Gasteiger partial charge in [0, 0.05) is 30.5 Å². The highest BCUT2D eigenvalue weighted by Gasteiger charge is 2.25. The third-order valence-corrected chi connectivity index (χ3v) is 5.54. The van der Waals surface area contributed by atoms with Crippen molar-refractivity contribution in [1.82, 2.24) is 19.9 Å². The van der Waals surface area contributed by atoms with Crippen molar-refractivity contribution >= 4 is 33.9 Å². The van der Waals surface area contributed by atoms with Crippen LogP contribution in [0.1, 0.15) is 30.3 Å². The van der Waals surface area contributed by atoms with Crippen LogP contribution in [0.4, 0.5) is 0 Å². The van der Waals surface area contributed by atoms with Gasteiger partial charge in [-0.05, 0) is 43.2 Å². The normalized spacial score (nSPS) is 17.4. The minimum Gasteiger partial charge on any atom is -0.342 e. The number of amides is 1. The number of carbonyl (C=O) groups excluding carboxylic acids is 1. The Hall–Kier alpha value is -3.47. The first-order valence-electron chi connectivity index (χ1n) is 10.0. The lowest BCUT2D eigenvalue weighted by Gasteiger charge is -2.31. The number of para-hydroxylation sites is 3. The van der Waals surface area contributed by atoms with Gasteiger partial charge in [0.05, 0.1) is 22.2 Å². The van der Waals surface area contributed by atoms with Gasteiger partial charge in [-0.25, -0.2) is 9.97 Å². The highest BCUT2D eigenvalue weighted by atomic mass is 16.2. The van der Waals surface area contributed by atoms with Crippen LogP contribution in [0.5, 0.6) is 0 Å². The van der Waals surface area contributed by atoms with E-state index in [4.69, 9.17) is 4.98 Å². The van der Waals surface area contributed by atoms with Crippen LogP contribution in [-0.2, 0) is 4.79 Å². The number of likely N-dealkylation sites (tertiary alicyclic amines) is 1. The van der Waals surface area contributed by atoms with Crippen LogP contribution in [0.3, 0.4) is 0 Å². The molecule has 5 heteroatoms. The van der Waals surface area contributed by atoms with Crippen LogP contribution in [0, 0.1) is 0 Å². The highest BCUT2D eigenvalue weighted by molar-refractivity contribution is 5.92. The molecule has 1 unspecified atom stereocenters. The van der Waals surface area contributed by atoms with E-state index in [-0.39, 0.29) is 11.8 Å². The van der Waals surface area contributed by atoms with Crippen molar-refractivity contribution in [2.45, 2.75) is 18.8 Å². The summed E-state index contributed by atoms with van der Waals surface area (Å²) in [5.74, 6) is 1.25. The lowest BCUT2D eigenvalue weighted by molar-refractivity contribution is -0.127. The fourth-order valence-corrected chi connectivity index (χ4v) is 4.00. The van der Waals surface area contributed by atoms with Crippen LogP contribution in [0.25, 0.3) is 28.0 Å². The molecule has 3 heterocycles. The number of piperidine rings is 1. The van der Waals surface area contributed by atoms with Gasteiger partial charge in [0.25, 0.3) is 0 Å². The van der Waals surface area contributed by atoms with E-state index in [2.05, 4.69) is 9.97 Å². The molecule has 144 valence electrons. The van der Waals surface area contributed by atoms with E-state index in [1.807, 2.05) is 65.6 Å². The summed E-state index contributed by atoms with van der Waals surface area (Å²) >= 11 is 0. The van der Waals surface area contributed by atoms with E-state index in [0.717, 1.165) is 52.8 Å². The zero-order valence-corrected chi connectivity index (χ0v) is 16.1. The molecule has 0 radical (unpaired) electrons. The topological polar surface area (TPSA) is 61.9 Å². The van der Waals surface area contributed by atoms with Gasteiger partial charge < -0.3 is 9.88 Å². The van der Waals surface area contributed by atoms with Crippen molar-refractivity contribution in [3.8, 4) is 0 Å². The van der Waals surface area contributed by atoms with Gasteiger partial charge in [0.1, 0.15) is 5.82 Å². The SMILES string of the molecule is O=C(/C=C/c1ccc2ccccc2n1)N1CCCC(c2nc3ccccc3[nH]2)C1. The molecule has 5 rings (SSSR count). The zero-order valence-electron chi connectivity index (χ0n) is 16.1. The molecule has 5 nitrogen and oxygen atoms in total. The van der Waals surface area contributed by atoms with Crippen LogP contribution >= 0.6 is 0 Å². The first kappa shape index (κ1) is 17.6. The second-order valence-corrected chi connectivity index (χ2v) is 7.52. The molecule has 0 bridgehead atoms. The number of imidazole rings is 1. The molecule has 0 aliphatic carbocycles. The van der Waals surface area contributed by atoms with Crippen molar-refractivity contribution < 1.29 is 4.79 Å². The largest absolute Gasteiger partial charge is 0.342 e. The number of H-pyrrole nitrogens is 1. The molecule has 2 aromatic heterocycles. The summed E-state index contributed by atoms with van der Waals surface area (Å²) in [6.45, 7) is 1.47. The summed E-state index contributed by atoms with van der Waals surface area (Å²) in [6.07, 6.45) is 5.47. The van der Waals surface area contributed by atoms with E-state index in [0.29, 0.717) is 6.54 Å². The third kappa shape index (κ3) is 3.63. The van der Waals surface area contributed by atoms with Crippen LogP contribution < -0.4 is 0 Å². The molecule has 0 spiro atoms. The predicted molar refractivity (Wildman–Crippen MR) is 115 cm³/mol. The predicted octanol–water partition coefficient (Wildman–Crippen LogP) is 4.53. The first-order chi connectivity index (χ1) is 14.3. The maximum absolute atomic E-state index is 12.8. The Kier molecular flexibility index (Phi) is 4.56. The molecule has 1 aliphatic rings. The van der Waals surface area contributed by atoms with Crippen LogP contribution in [0.15, 0.2) is 66.7 Å². The smallest absolute Gasteiger partial charge is 0.246 e. The van der Waals surface area contributed by atoms with E-state index in [1.54, 1.807) is 12.2 Å². The van der Waals surface area contributed by atoms with Crippen molar-refractivity contribution in [3.63, 3.8) is 0 Å². The molecule has 1 aliphatic heterocycles. The van der Waals surface area contributed by atoms with E-state index in [1.165, 1.54) is 0 Å². The summed E-state index contributed by atoms with van der Waals surface area (Å²) in [4.78, 5) is 27.4. The minimum absolute atomic E-state index is 0.0285. The Morgan fingerprint density at radius 1 is 1.00 bits per heavy atom. The van der Waals surface area contributed by atoms with E-state index < -0.39 is 0 Å². The quantitative estimate of drug-likeness (QED) is 0.530. The van der Waals surface area contributed by atoms with Gasteiger partial charge in [0.15, 0.2) is 0 Å². The summed E-state index contributed by atoms with van der Waals surface area (Å²) in [5.41, 5.74) is 3.76. The Bertz CT molecular complexity index is 1180. The fourth-order valence-electron chi connectivity index (χ4n) is 4.00. The van der Waals surface area contributed by atoms with Crippen molar-refractivity contribution in [2.24, 2.45) is 0 Å². The molecule has 1 saturated heterocycles. The average Bonchev–Trinajstić information content (AvgIpc) is 3.22. The Morgan fingerprint density at radius 3 is 2.72 bits per heavy atom. The summed E-state index contributed by atoms with van der Waals surface area (Å²) in [5, 5.41) is 1.10. The highest BCUT2D eigenvalue weighted by Crippen LogP contribution is 2.27. The number of nitrogens with one attached hydrogen (secondary N) is 1. The maximum Gasteiger partial charge on any atom is 0.246 e. The van der Waals surface area contributed by atoms with Crippen molar-refractivity contribution in [3.05, 3.63) is 78.3 Å². The van der Waals surface area contributed by atoms with Gasteiger partial charge in [-0.1, -0.05) is 36.4 Å². The van der Waals surface area contributed by atoms with Gasteiger partial charge >= 0.3 is 0 Å². The Balaban J connectivity index is 1.30. The second kappa shape index (κ2) is 7.51. The molecule has 1 amide bonds. The molecule has 4 aromatic rings. The van der Waals surface area contributed by atoms with E-state index in [9.17, 15) is 4.79 Å². The summed E-state index contributed by atoms with van der Waals surface area (Å²) in [6, 6.07) is 20.0. The second-order valence-electron chi connectivity index (χ2n) is 7.52. The minimum atomic E-state index is 0.0285. The molecule has 2 aromatic carbocycles. The first-order valence-corrected chi connectivity index (χ1v) is 10.0. The van der Waals surface area contributed by atoms with Crippen LogP contribution in [0.2, 0.25) is 0 Å². The number of hydrogen-bond donors (Lipinski definition) is 1. The van der Waals surface area contributed by atoms with Crippen molar-refractivity contribution in [1.29, 1.82) is 0 Å². The third-order valence-electron chi connectivity index (χ3n) is 5.54. The summed E-state index contributed by atoms with van der Waals surface area (Å²) in [7, 11) is 0. The molecule has 0 saturated carbocycles. The van der Waals surface area contributed by atoms with Gasteiger partial charge in [-0.3, -0.25) is 4.79 Å². The van der Waals surface area contributed by atoms with Crippen molar-refractivity contribution in [2.75, 3.05) is 13.1 Å². The molecule has 1 fully saturated rings. The number of aromatic amines is 1. The number of aromatic nitrogens is 3. The Morgan fingerprint density at radius 2 is 1.83 bits per heavy atom. The lowest BCUT2D eigenvalue weighted by Crippen LogP contribution is -2.38. The maximum atomic E-state index is 12.8. The standard InChI is InChI=1S/C24H22N4O/c29-23(14-13-19-12-11-17-6-1-2-8-20(17)25-19)28-15-5-7-18(16-28)24-26-21-9-3-4-10-22(21)27-24/h1-4,6,8-14,18H,5,7,15-16H2,(H,26,27)/b14-13+. The number of carbonyl (C=O) groups is 1. The van der Waals surface area contributed by atoms with Gasteiger partial charge in [-0.15, -0.1) is 0 Å². The van der Waals surface area contributed by atoms with Gasteiger partial charge in [-0.2, -0.15) is 0 Å². The number of benzene rings is 2. The number of nitrogens with zero attached hydrogens (tertiary/aromatic N) is 3. The molecule has 1 N–H and O–H groups in total. The number of hydrogen-bond acceptors (Lipinski definition) is 3. The molecular formula is C24H22N4O. The van der Waals surface area contributed by atoms with E-state index >= 15 is 0 Å². The van der Waals surface area contributed by atoms with Crippen LogP contribution in [-0.4, -0.2) is 38.8 Å². The Labute approximate surface area is 169 Å². The fraction of sp³-hybridized carbons (Fsp3) is 0.208. The lowest BCUT2D eigenvalue weighted by atomic mass is 9.97.